The summed E-state index contributed by atoms with van der Waals surface area (Å²) in [6, 6.07) is 20.3. The van der Waals surface area contributed by atoms with E-state index in [2.05, 4.69) is 0 Å². The zero-order chi connectivity index (χ0) is 18.4. The zero-order valence-corrected chi connectivity index (χ0v) is 14.8. The topological polar surface area (TPSA) is 51.9 Å². The number of anilines is 1. The smallest absolute Gasteiger partial charge is 0.268 e. The third-order valence-corrected chi connectivity index (χ3v) is 3.95. The molecule has 1 aromatic heterocycles. The molecule has 1 heterocycles. The Morgan fingerprint density at radius 2 is 1.69 bits per heavy atom. The van der Waals surface area contributed by atoms with Gasteiger partial charge in [0.25, 0.3) is 5.91 Å². The molecule has 1 amide bonds. The van der Waals surface area contributed by atoms with Crippen molar-refractivity contribution in [2.24, 2.45) is 0 Å². The predicted molar refractivity (Wildman–Crippen MR) is 99.4 cm³/mol. The number of methoxy groups -OCH3 is 1. The van der Waals surface area contributed by atoms with Crippen LogP contribution in [-0.4, -0.2) is 19.1 Å². The second-order valence-corrected chi connectivity index (χ2v) is 5.77. The molecular formula is C21H21NO4. The fourth-order valence-corrected chi connectivity index (χ4v) is 2.59. The number of carbonyl (C=O) groups is 1. The standard InChI is InChI=1S/C21H21NO4/c1-16(26-19-12-10-18(24-2)11-13-19)21(23)22(15-20-9-6-14-25-20)17-7-4-3-5-8-17/h3-14,16H,15H2,1-2H3/t16-/m0/s1. The van der Waals surface area contributed by atoms with Gasteiger partial charge in [-0.25, -0.2) is 0 Å². The SMILES string of the molecule is COc1ccc(O[C@@H](C)C(=O)N(Cc2ccco2)c2ccccc2)cc1. The number of rotatable bonds is 7. The van der Waals surface area contributed by atoms with Crippen molar-refractivity contribution < 1.29 is 18.7 Å². The average molecular weight is 351 g/mol. The minimum Gasteiger partial charge on any atom is -0.497 e. The van der Waals surface area contributed by atoms with Crippen LogP contribution in [0.4, 0.5) is 5.69 Å². The summed E-state index contributed by atoms with van der Waals surface area (Å²) in [5, 5.41) is 0. The number of para-hydroxylation sites is 1. The van der Waals surface area contributed by atoms with Gasteiger partial charge in [-0.15, -0.1) is 0 Å². The van der Waals surface area contributed by atoms with Crippen molar-refractivity contribution in [1.82, 2.24) is 0 Å². The fourth-order valence-electron chi connectivity index (χ4n) is 2.59. The number of benzene rings is 2. The van der Waals surface area contributed by atoms with Crippen LogP contribution in [0.3, 0.4) is 0 Å². The molecule has 5 nitrogen and oxygen atoms in total. The lowest BCUT2D eigenvalue weighted by atomic mass is 10.2. The Morgan fingerprint density at radius 1 is 1.00 bits per heavy atom. The molecule has 26 heavy (non-hydrogen) atoms. The molecule has 0 radical (unpaired) electrons. The molecule has 2 aromatic carbocycles. The second-order valence-electron chi connectivity index (χ2n) is 5.77. The molecular weight excluding hydrogens is 330 g/mol. The van der Waals surface area contributed by atoms with Crippen LogP contribution in [0.25, 0.3) is 0 Å². The van der Waals surface area contributed by atoms with Gasteiger partial charge in [-0.3, -0.25) is 4.79 Å². The molecule has 3 rings (SSSR count). The van der Waals surface area contributed by atoms with E-state index in [1.54, 1.807) is 55.5 Å². The molecule has 0 aliphatic rings. The average Bonchev–Trinajstić information content (AvgIpc) is 3.20. The van der Waals surface area contributed by atoms with Crippen LogP contribution in [0, 0.1) is 0 Å². The first-order chi connectivity index (χ1) is 12.7. The van der Waals surface area contributed by atoms with E-state index in [1.807, 2.05) is 36.4 Å². The number of carbonyl (C=O) groups excluding carboxylic acids is 1. The summed E-state index contributed by atoms with van der Waals surface area (Å²) < 4.78 is 16.4. The maximum Gasteiger partial charge on any atom is 0.268 e. The maximum atomic E-state index is 13.0. The van der Waals surface area contributed by atoms with Crippen LogP contribution in [0.15, 0.2) is 77.4 Å². The number of ether oxygens (including phenoxy) is 2. The van der Waals surface area contributed by atoms with Crippen molar-refractivity contribution in [2.75, 3.05) is 12.0 Å². The third-order valence-electron chi connectivity index (χ3n) is 3.95. The van der Waals surface area contributed by atoms with Crippen LogP contribution >= 0.6 is 0 Å². The first-order valence-electron chi connectivity index (χ1n) is 8.37. The van der Waals surface area contributed by atoms with Gasteiger partial charge in [0.15, 0.2) is 6.10 Å². The van der Waals surface area contributed by atoms with Crippen molar-refractivity contribution in [2.45, 2.75) is 19.6 Å². The molecule has 134 valence electrons. The molecule has 0 saturated heterocycles. The van der Waals surface area contributed by atoms with Crippen molar-refractivity contribution in [3.05, 3.63) is 78.8 Å². The lowest BCUT2D eigenvalue weighted by Gasteiger charge is -2.25. The summed E-state index contributed by atoms with van der Waals surface area (Å²) in [6.07, 6.45) is 0.943. The van der Waals surface area contributed by atoms with E-state index >= 15 is 0 Å². The van der Waals surface area contributed by atoms with Crippen molar-refractivity contribution in [1.29, 1.82) is 0 Å². The lowest BCUT2D eigenvalue weighted by Crippen LogP contribution is -2.40. The molecule has 0 unspecified atom stereocenters. The molecule has 0 bridgehead atoms. The van der Waals surface area contributed by atoms with E-state index < -0.39 is 6.10 Å². The Labute approximate surface area is 152 Å². The number of nitrogens with zero attached hydrogens (tertiary/aromatic N) is 1. The molecule has 0 saturated carbocycles. The van der Waals surface area contributed by atoms with E-state index in [-0.39, 0.29) is 5.91 Å². The monoisotopic (exact) mass is 351 g/mol. The van der Waals surface area contributed by atoms with E-state index in [1.165, 1.54) is 0 Å². The molecule has 0 fully saturated rings. The van der Waals surface area contributed by atoms with E-state index in [4.69, 9.17) is 13.9 Å². The van der Waals surface area contributed by atoms with Crippen molar-refractivity contribution >= 4 is 11.6 Å². The van der Waals surface area contributed by atoms with Crippen LogP contribution in [0.5, 0.6) is 11.5 Å². The molecule has 0 aliphatic heterocycles. The van der Waals surface area contributed by atoms with Gasteiger partial charge in [-0.2, -0.15) is 0 Å². The summed E-state index contributed by atoms with van der Waals surface area (Å²) in [4.78, 5) is 14.7. The number of hydrogen-bond acceptors (Lipinski definition) is 4. The Bertz CT molecular complexity index is 813. The highest BCUT2D eigenvalue weighted by Crippen LogP contribution is 2.22. The minimum absolute atomic E-state index is 0.150. The third kappa shape index (κ3) is 4.25. The van der Waals surface area contributed by atoms with Gasteiger partial charge in [0.1, 0.15) is 17.3 Å². The van der Waals surface area contributed by atoms with Crippen molar-refractivity contribution in [3.8, 4) is 11.5 Å². The van der Waals surface area contributed by atoms with Gasteiger partial charge in [0, 0.05) is 5.69 Å². The highest BCUT2D eigenvalue weighted by atomic mass is 16.5. The minimum atomic E-state index is -0.654. The van der Waals surface area contributed by atoms with Crippen LogP contribution in [0.1, 0.15) is 12.7 Å². The maximum absolute atomic E-state index is 13.0. The fraction of sp³-hybridized carbons (Fsp3) is 0.190. The highest BCUT2D eigenvalue weighted by molar-refractivity contribution is 5.96. The number of amides is 1. The normalized spacial score (nSPS) is 11.6. The van der Waals surface area contributed by atoms with Gasteiger partial charge >= 0.3 is 0 Å². The highest BCUT2D eigenvalue weighted by Gasteiger charge is 2.24. The number of furan rings is 1. The van der Waals surface area contributed by atoms with Crippen LogP contribution in [-0.2, 0) is 11.3 Å². The number of hydrogen-bond donors (Lipinski definition) is 0. The molecule has 3 aromatic rings. The summed E-state index contributed by atoms with van der Waals surface area (Å²) in [5.41, 5.74) is 0.791. The van der Waals surface area contributed by atoms with Gasteiger partial charge in [-0.1, -0.05) is 18.2 Å². The lowest BCUT2D eigenvalue weighted by molar-refractivity contribution is -0.124. The Morgan fingerprint density at radius 3 is 2.31 bits per heavy atom. The van der Waals surface area contributed by atoms with E-state index in [9.17, 15) is 4.79 Å². The molecule has 0 spiro atoms. The summed E-state index contributed by atoms with van der Waals surface area (Å²) >= 11 is 0. The van der Waals surface area contributed by atoms with Crippen molar-refractivity contribution in [3.63, 3.8) is 0 Å². The first-order valence-corrected chi connectivity index (χ1v) is 8.37. The van der Waals surface area contributed by atoms with Gasteiger partial charge in [-0.05, 0) is 55.5 Å². The Kier molecular flexibility index (Phi) is 5.59. The van der Waals surface area contributed by atoms with Gasteiger partial charge < -0.3 is 18.8 Å². The van der Waals surface area contributed by atoms with E-state index in [0.717, 1.165) is 11.4 Å². The summed E-state index contributed by atoms with van der Waals surface area (Å²) in [6.45, 7) is 2.08. The summed E-state index contributed by atoms with van der Waals surface area (Å²) in [7, 11) is 1.61. The van der Waals surface area contributed by atoms with E-state index in [0.29, 0.717) is 18.1 Å². The first kappa shape index (κ1) is 17.6. The molecule has 5 heteroatoms. The van der Waals surface area contributed by atoms with Gasteiger partial charge in [0.05, 0.1) is 19.9 Å². The van der Waals surface area contributed by atoms with Crippen LogP contribution in [0.2, 0.25) is 0 Å². The Hall–Kier alpha value is -3.21. The van der Waals surface area contributed by atoms with Gasteiger partial charge in [0.2, 0.25) is 0 Å². The molecule has 0 N–H and O–H groups in total. The zero-order valence-electron chi connectivity index (χ0n) is 14.8. The summed E-state index contributed by atoms with van der Waals surface area (Å²) in [5.74, 6) is 1.90. The quantitative estimate of drug-likeness (QED) is 0.637. The molecule has 1 atom stereocenters. The second kappa shape index (κ2) is 8.25. The molecule has 0 aliphatic carbocycles. The van der Waals surface area contributed by atoms with Crippen LogP contribution < -0.4 is 14.4 Å². The largest absolute Gasteiger partial charge is 0.497 e. The Balaban J connectivity index is 1.77. The predicted octanol–water partition coefficient (Wildman–Crippen LogP) is 4.29.